The molecule has 0 atom stereocenters. The molecule has 1 amide bonds. The smallest absolute Gasteiger partial charge is 0.305 e. The van der Waals surface area contributed by atoms with Crippen LogP contribution in [0.25, 0.3) is 0 Å². The molecule has 1 aromatic carbocycles. The Kier molecular flexibility index (Phi) is 7.89. The van der Waals surface area contributed by atoms with Gasteiger partial charge in [0.2, 0.25) is 5.91 Å². The molecule has 0 saturated heterocycles. The number of hydrogen-bond acceptors (Lipinski definition) is 5. The van der Waals surface area contributed by atoms with Gasteiger partial charge < -0.3 is 20.5 Å². The number of carbonyl (C=O) groups excluding carboxylic acids is 2. The van der Waals surface area contributed by atoms with E-state index < -0.39 is 0 Å². The summed E-state index contributed by atoms with van der Waals surface area (Å²) in [5, 5.41) is 2.78. The first kappa shape index (κ1) is 17.0. The Bertz CT molecular complexity index is 445. The lowest BCUT2D eigenvalue weighted by Gasteiger charge is -2.08. The van der Waals surface area contributed by atoms with E-state index >= 15 is 0 Å². The van der Waals surface area contributed by atoms with Gasteiger partial charge in [-0.15, -0.1) is 0 Å². The molecule has 3 N–H and O–H groups in total. The molecule has 0 unspecified atom stereocenters. The largest absolute Gasteiger partial charge is 0.494 e. The third-order valence-electron chi connectivity index (χ3n) is 2.77. The van der Waals surface area contributed by atoms with Crippen molar-refractivity contribution < 1.29 is 19.1 Å². The van der Waals surface area contributed by atoms with E-state index in [1.165, 1.54) is 7.11 Å². The van der Waals surface area contributed by atoms with E-state index in [0.29, 0.717) is 44.6 Å². The van der Waals surface area contributed by atoms with Gasteiger partial charge in [-0.1, -0.05) is 0 Å². The number of nitrogens with one attached hydrogen (secondary N) is 1. The zero-order valence-corrected chi connectivity index (χ0v) is 12.3. The van der Waals surface area contributed by atoms with Crippen molar-refractivity contribution in [3.05, 3.63) is 24.3 Å². The normalized spacial score (nSPS) is 10.0. The molecule has 1 aromatic rings. The number of methoxy groups -OCH3 is 1. The number of amides is 1. The minimum absolute atomic E-state index is 0.0489. The molecule has 0 aromatic heterocycles. The van der Waals surface area contributed by atoms with Crippen LogP contribution in [-0.4, -0.2) is 32.1 Å². The summed E-state index contributed by atoms with van der Waals surface area (Å²) in [6, 6.07) is 7.10. The van der Waals surface area contributed by atoms with Crippen molar-refractivity contribution in [3.63, 3.8) is 0 Å². The first-order valence-electron chi connectivity index (χ1n) is 6.95. The van der Waals surface area contributed by atoms with Gasteiger partial charge in [-0.25, -0.2) is 0 Å². The van der Waals surface area contributed by atoms with Gasteiger partial charge in [0.05, 0.1) is 13.7 Å². The summed E-state index contributed by atoms with van der Waals surface area (Å²) in [4.78, 5) is 22.4. The van der Waals surface area contributed by atoms with Crippen LogP contribution >= 0.6 is 0 Å². The van der Waals surface area contributed by atoms with Crippen molar-refractivity contribution in [1.82, 2.24) is 0 Å². The van der Waals surface area contributed by atoms with E-state index in [0.717, 1.165) is 5.69 Å². The number of esters is 1. The highest BCUT2D eigenvalue weighted by atomic mass is 16.5. The molecule has 21 heavy (non-hydrogen) atoms. The van der Waals surface area contributed by atoms with Crippen LogP contribution < -0.4 is 15.8 Å². The summed E-state index contributed by atoms with van der Waals surface area (Å²) in [6.07, 6.45) is 2.03. The molecule has 0 fully saturated rings. The average Bonchev–Trinajstić information content (AvgIpc) is 2.50. The van der Waals surface area contributed by atoms with Gasteiger partial charge in [-0.2, -0.15) is 0 Å². The predicted octanol–water partition coefficient (Wildman–Crippen LogP) is 1.70. The molecule has 0 spiro atoms. The van der Waals surface area contributed by atoms with Crippen molar-refractivity contribution in [2.45, 2.75) is 25.7 Å². The topological polar surface area (TPSA) is 90.6 Å². The molecule has 0 aliphatic heterocycles. The second-order valence-electron chi connectivity index (χ2n) is 4.49. The van der Waals surface area contributed by atoms with E-state index in [9.17, 15) is 9.59 Å². The zero-order valence-electron chi connectivity index (χ0n) is 12.3. The summed E-state index contributed by atoms with van der Waals surface area (Å²) in [6.45, 7) is 0.947. The van der Waals surface area contributed by atoms with Gasteiger partial charge in [-0.05, 0) is 43.7 Å². The second kappa shape index (κ2) is 9.77. The first-order chi connectivity index (χ1) is 10.2. The highest BCUT2D eigenvalue weighted by Gasteiger charge is 2.03. The lowest BCUT2D eigenvalue weighted by molar-refractivity contribution is -0.140. The van der Waals surface area contributed by atoms with Crippen LogP contribution in [0, 0.1) is 0 Å². The van der Waals surface area contributed by atoms with Gasteiger partial charge in [-0.3, -0.25) is 9.59 Å². The highest BCUT2D eigenvalue weighted by Crippen LogP contribution is 2.16. The molecule has 116 valence electrons. The van der Waals surface area contributed by atoms with E-state index in [4.69, 9.17) is 10.5 Å². The number of hydrogen-bond donors (Lipinski definition) is 2. The Labute approximate surface area is 124 Å². The van der Waals surface area contributed by atoms with Crippen LogP contribution in [0.3, 0.4) is 0 Å². The summed E-state index contributed by atoms with van der Waals surface area (Å²) in [5.74, 6) is 0.404. The molecule has 6 heteroatoms. The summed E-state index contributed by atoms with van der Waals surface area (Å²) < 4.78 is 10.0. The van der Waals surface area contributed by atoms with Crippen molar-refractivity contribution in [3.8, 4) is 5.75 Å². The fourth-order valence-electron chi connectivity index (χ4n) is 1.63. The quantitative estimate of drug-likeness (QED) is 0.534. The maximum Gasteiger partial charge on any atom is 0.305 e. The monoisotopic (exact) mass is 294 g/mol. The fraction of sp³-hybridized carbons (Fsp3) is 0.467. The standard InChI is InChI=1S/C15H22N2O4/c1-20-15(19)5-3-11-21-13-8-6-12(7-9-13)17-14(18)4-2-10-16/h6-9H,2-5,10-11,16H2,1H3,(H,17,18). The third kappa shape index (κ3) is 7.31. The minimum Gasteiger partial charge on any atom is -0.494 e. The Balaban J connectivity index is 2.30. The van der Waals surface area contributed by atoms with Gasteiger partial charge in [0.1, 0.15) is 5.75 Å². The molecule has 0 bridgehead atoms. The lowest BCUT2D eigenvalue weighted by Crippen LogP contribution is -2.13. The van der Waals surface area contributed by atoms with Crippen molar-refractivity contribution in [1.29, 1.82) is 0 Å². The number of carbonyl (C=O) groups is 2. The van der Waals surface area contributed by atoms with Crippen LogP contribution in [0.15, 0.2) is 24.3 Å². The Morgan fingerprint density at radius 1 is 1.14 bits per heavy atom. The zero-order chi connectivity index (χ0) is 15.5. The van der Waals surface area contributed by atoms with Crippen LogP contribution in [0.2, 0.25) is 0 Å². The molecule has 1 rings (SSSR count). The lowest BCUT2D eigenvalue weighted by atomic mass is 10.2. The highest BCUT2D eigenvalue weighted by molar-refractivity contribution is 5.90. The molecular formula is C15H22N2O4. The van der Waals surface area contributed by atoms with E-state index in [2.05, 4.69) is 10.1 Å². The number of nitrogens with two attached hydrogens (primary N) is 1. The molecule has 6 nitrogen and oxygen atoms in total. The second-order valence-corrected chi connectivity index (χ2v) is 4.49. The molecule has 0 aliphatic rings. The number of ether oxygens (including phenoxy) is 2. The maximum atomic E-state index is 11.5. The van der Waals surface area contributed by atoms with Crippen LogP contribution in [0.4, 0.5) is 5.69 Å². The average molecular weight is 294 g/mol. The molecule has 0 saturated carbocycles. The van der Waals surface area contributed by atoms with Crippen molar-refractivity contribution in [2.24, 2.45) is 5.73 Å². The minimum atomic E-state index is -0.242. The van der Waals surface area contributed by atoms with Gasteiger partial charge in [0.25, 0.3) is 0 Å². The van der Waals surface area contributed by atoms with Gasteiger partial charge in [0.15, 0.2) is 0 Å². The molecular weight excluding hydrogens is 272 g/mol. The number of benzene rings is 1. The maximum absolute atomic E-state index is 11.5. The molecule has 0 radical (unpaired) electrons. The van der Waals surface area contributed by atoms with Crippen molar-refractivity contribution in [2.75, 3.05) is 25.6 Å². The SMILES string of the molecule is COC(=O)CCCOc1ccc(NC(=O)CCCN)cc1. The Morgan fingerprint density at radius 3 is 2.48 bits per heavy atom. The third-order valence-corrected chi connectivity index (χ3v) is 2.77. The number of anilines is 1. The summed E-state index contributed by atoms with van der Waals surface area (Å²) in [7, 11) is 1.36. The van der Waals surface area contributed by atoms with Gasteiger partial charge in [0, 0.05) is 18.5 Å². The summed E-state index contributed by atoms with van der Waals surface area (Å²) in [5.41, 5.74) is 6.07. The van der Waals surface area contributed by atoms with Crippen molar-refractivity contribution >= 4 is 17.6 Å². The first-order valence-corrected chi connectivity index (χ1v) is 6.95. The Morgan fingerprint density at radius 2 is 1.86 bits per heavy atom. The Hall–Kier alpha value is -2.08. The van der Waals surface area contributed by atoms with E-state index in [-0.39, 0.29) is 11.9 Å². The summed E-state index contributed by atoms with van der Waals surface area (Å²) >= 11 is 0. The van der Waals surface area contributed by atoms with E-state index in [1.54, 1.807) is 24.3 Å². The van der Waals surface area contributed by atoms with E-state index in [1.807, 2.05) is 0 Å². The van der Waals surface area contributed by atoms with Crippen LogP contribution in [0.5, 0.6) is 5.75 Å². The number of rotatable bonds is 9. The van der Waals surface area contributed by atoms with Crippen LogP contribution in [0.1, 0.15) is 25.7 Å². The fourth-order valence-corrected chi connectivity index (χ4v) is 1.63. The molecule has 0 heterocycles. The van der Waals surface area contributed by atoms with Crippen LogP contribution in [-0.2, 0) is 14.3 Å². The predicted molar refractivity (Wildman–Crippen MR) is 80.1 cm³/mol. The molecule has 0 aliphatic carbocycles. The van der Waals surface area contributed by atoms with Gasteiger partial charge >= 0.3 is 5.97 Å².